The molecular formula is C16H23NaO4. The van der Waals surface area contributed by atoms with Gasteiger partial charge in [-0.25, -0.2) is 0 Å². The third-order valence-electron chi connectivity index (χ3n) is 3.65. The van der Waals surface area contributed by atoms with Crippen LogP contribution < -0.4 is 0 Å². The van der Waals surface area contributed by atoms with Gasteiger partial charge in [-0.1, -0.05) is 69.4 Å². The van der Waals surface area contributed by atoms with Gasteiger partial charge in [-0.15, -0.1) is 0 Å². The number of benzene rings is 1. The molecule has 1 aromatic rings. The van der Waals surface area contributed by atoms with Crippen molar-refractivity contribution in [2.24, 2.45) is 0 Å². The summed E-state index contributed by atoms with van der Waals surface area (Å²) in [5.41, 5.74) is -1.48. The summed E-state index contributed by atoms with van der Waals surface area (Å²) in [6, 6.07) is 8.25. The monoisotopic (exact) mass is 302 g/mol. The Hall–Kier alpha value is -0.840. The van der Waals surface area contributed by atoms with Gasteiger partial charge in [0, 0.05) is 0 Å². The minimum absolute atomic E-state index is 0. The number of hydrogen-bond acceptors (Lipinski definition) is 2. The van der Waals surface area contributed by atoms with Gasteiger partial charge in [0.25, 0.3) is 0 Å². The number of hydrogen-bond donors (Lipinski definition) is 2. The van der Waals surface area contributed by atoms with E-state index in [1.54, 1.807) is 30.3 Å². The fourth-order valence-electron chi connectivity index (χ4n) is 2.41. The second kappa shape index (κ2) is 9.98. The van der Waals surface area contributed by atoms with E-state index in [4.69, 9.17) is 0 Å². The maximum atomic E-state index is 11.6. The molecule has 0 aliphatic heterocycles. The van der Waals surface area contributed by atoms with E-state index in [1.807, 2.05) is 0 Å². The maximum absolute atomic E-state index is 11.6. The van der Waals surface area contributed by atoms with Crippen LogP contribution in [0.1, 0.15) is 51.0 Å². The summed E-state index contributed by atoms with van der Waals surface area (Å²) in [5, 5.41) is 18.9. The summed E-state index contributed by atoms with van der Waals surface area (Å²) in [7, 11) is 0. The molecule has 0 amide bonds. The summed E-state index contributed by atoms with van der Waals surface area (Å²) in [4.78, 5) is 23.2. The third kappa shape index (κ3) is 5.13. The van der Waals surface area contributed by atoms with E-state index in [2.05, 4.69) is 6.92 Å². The van der Waals surface area contributed by atoms with E-state index in [9.17, 15) is 19.8 Å². The Labute approximate surface area is 147 Å². The SMILES string of the molecule is CCCCCCCC(C(=O)O)(C(=O)O)c1ccccc1.[NaH]. The van der Waals surface area contributed by atoms with Crippen molar-refractivity contribution in [3.05, 3.63) is 35.9 Å². The first-order chi connectivity index (χ1) is 9.55. The minimum atomic E-state index is -1.83. The summed E-state index contributed by atoms with van der Waals surface area (Å²) in [6.45, 7) is 2.10. The van der Waals surface area contributed by atoms with Crippen LogP contribution in [0.25, 0.3) is 0 Å². The van der Waals surface area contributed by atoms with Crippen LogP contribution in [0.5, 0.6) is 0 Å². The molecule has 5 heteroatoms. The van der Waals surface area contributed by atoms with E-state index in [-0.39, 0.29) is 36.0 Å². The summed E-state index contributed by atoms with van der Waals surface area (Å²) in [5.74, 6) is -2.57. The standard InChI is InChI=1S/C16H22O4.Na.H/c1-2-3-4-5-9-12-16(14(17)18,15(19)20)13-10-7-6-8-11-13;;/h6-8,10-11H,2-5,9,12H2,1H3,(H,17,18)(H,19,20);;. The molecule has 1 aromatic carbocycles. The quantitative estimate of drug-likeness (QED) is 0.418. The Kier molecular flexibility index (Phi) is 9.58. The second-order valence-corrected chi connectivity index (χ2v) is 5.05. The van der Waals surface area contributed by atoms with Crippen LogP contribution in [0.4, 0.5) is 0 Å². The number of rotatable bonds is 9. The van der Waals surface area contributed by atoms with E-state index >= 15 is 0 Å². The Morgan fingerprint density at radius 3 is 1.95 bits per heavy atom. The van der Waals surface area contributed by atoms with Gasteiger partial charge in [-0.2, -0.15) is 0 Å². The predicted molar refractivity (Wildman–Crippen MR) is 83.9 cm³/mol. The molecule has 21 heavy (non-hydrogen) atoms. The van der Waals surface area contributed by atoms with Crippen LogP contribution in [-0.2, 0) is 15.0 Å². The van der Waals surface area contributed by atoms with Crippen LogP contribution in [0.3, 0.4) is 0 Å². The zero-order valence-electron chi connectivity index (χ0n) is 11.8. The van der Waals surface area contributed by atoms with E-state index in [0.29, 0.717) is 12.0 Å². The van der Waals surface area contributed by atoms with Crippen molar-refractivity contribution >= 4 is 41.5 Å². The van der Waals surface area contributed by atoms with Crippen molar-refractivity contribution in [3.8, 4) is 0 Å². The van der Waals surface area contributed by atoms with Gasteiger partial charge in [-0.3, -0.25) is 9.59 Å². The van der Waals surface area contributed by atoms with E-state index < -0.39 is 17.4 Å². The van der Waals surface area contributed by atoms with Crippen LogP contribution >= 0.6 is 0 Å². The number of carbonyl (C=O) groups is 2. The molecule has 1 rings (SSSR count). The number of carboxylic acid groups (broad SMARTS) is 2. The summed E-state index contributed by atoms with van der Waals surface area (Å²) < 4.78 is 0. The first kappa shape index (κ1) is 20.2. The molecule has 0 aromatic heterocycles. The third-order valence-corrected chi connectivity index (χ3v) is 3.65. The summed E-state index contributed by atoms with van der Waals surface area (Å²) in [6.07, 6.45) is 4.81. The normalized spacial score (nSPS) is 10.7. The molecule has 0 saturated heterocycles. The van der Waals surface area contributed by atoms with Gasteiger partial charge in [0.1, 0.15) is 0 Å². The summed E-state index contributed by atoms with van der Waals surface area (Å²) >= 11 is 0. The Balaban J connectivity index is 0.00000400. The molecule has 0 aliphatic carbocycles. The van der Waals surface area contributed by atoms with Crippen molar-refractivity contribution < 1.29 is 19.8 Å². The van der Waals surface area contributed by atoms with Crippen molar-refractivity contribution in [1.29, 1.82) is 0 Å². The number of aliphatic carboxylic acids is 2. The molecule has 2 N–H and O–H groups in total. The average Bonchev–Trinajstić information content (AvgIpc) is 2.43. The van der Waals surface area contributed by atoms with Gasteiger partial charge in [0.05, 0.1) is 0 Å². The molecular weight excluding hydrogens is 279 g/mol. The molecule has 0 fully saturated rings. The zero-order chi connectivity index (χ0) is 15.0. The van der Waals surface area contributed by atoms with Gasteiger partial charge in [0.2, 0.25) is 0 Å². The average molecular weight is 302 g/mol. The Morgan fingerprint density at radius 2 is 1.48 bits per heavy atom. The zero-order valence-corrected chi connectivity index (χ0v) is 11.8. The Morgan fingerprint density at radius 1 is 0.952 bits per heavy atom. The molecule has 0 atom stereocenters. The molecule has 0 aliphatic rings. The van der Waals surface area contributed by atoms with E-state index in [0.717, 1.165) is 25.7 Å². The van der Waals surface area contributed by atoms with Gasteiger partial charge >= 0.3 is 41.5 Å². The van der Waals surface area contributed by atoms with Crippen molar-refractivity contribution in [1.82, 2.24) is 0 Å². The second-order valence-electron chi connectivity index (χ2n) is 5.05. The van der Waals surface area contributed by atoms with Crippen molar-refractivity contribution in [3.63, 3.8) is 0 Å². The Bertz CT molecular complexity index is 431. The molecule has 4 nitrogen and oxygen atoms in total. The van der Waals surface area contributed by atoms with Crippen LogP contribution in [0.15, 0.2) is 30.3 Å². The predicted octanol–water partition coefficient (Wildman–Crippen LogP) is 2.81. The molecule has 112 valence electrons. The van der Waals surface area contributed by atoms with Crippen LogP contribution in [-0.4, -0.2) is 51.7 Å². The molecule has 0 saturated carbocycles. The fourth-order valence-corrected chi connectivity index (χ4v) is 2.41. The molecule has 0 bridgehead atoms. The van der Waals surface area contributed by atoms with Gasteiger partial charge in [0.15, 0.2) is 5.41 Å². The topological polar surface area (TPSA) is 74.6 Å². The van der Waals surface area contributed by atoms with Crippen LogP contribution in [0, 0.1) is 0 Å². The first-order valence-electron chi connectivity index (χ1n) is 7.08. The van der Waals surface area contributed by atoms with Gasteiger partial charge < -0.3 is 10.2 Å². The number of carboxylic acids is 2. The fraction of sp³-hybridized carbons (Fsp3) is 0.500. The molecule has 0 heterocycles. The van der Waals surface area contributed by atoms with Crippen molar-refractivity contribution in [2.45, 2.75) is 50.9 Å². The van der Waals surface area contributed by atoms with Gasteiger partial charge in [-0.05, 0) is 12.0 Å². The molecule has 0 radical (unpaired) electrons. The van der Waals surface area contributed by atoms with Crippen molar-refractivity contribution in [2.75, 3.05) is 0 Å². The van der Waals surface area contributed by atoms with Crippen LogP contribution in [0.2, 0.25) is 0 Å². The first-order valence-corrected chi connectivity index (χ1v) is 7.08. The van der Waals surface area contributed by atoms with E-state index in [1.165, 1.54) is 0 Å². The molecule has 0 spiro atoms. The molecule has 0 unspecified atom stereocenters. The number of unbranched alkanes of at least 4 members (excludes halogenated alkanes) is 4.